The van der Waals surface area contributed by atoms with E-state index in [0.717, 1.165) is 25.7 Å². The van der Waals surface area contributed by atoms with Gasteiger partial charge in [0.2, 0.25) is 0 Å². The molecule has 0 aliphatic carbocycles. The van der Waals surface area contributed by atoms with Crippen molar-refractivity contribution >= 4 is 10.9 Å². The zero-order valence-corrected chi connectivity index (χ0v) is 14.3. The summed E-state index contributed by atoms with van der Waals surface area (Å²) in [6.07, 6.45) is 9.28. The van der Waals surface area contributed by atoms with Gasteiger partial charge < -0.3 is 9.15 Å². The lowest BCUT2D eigenvalue weighted by molar-refractivity contribution is 0.211. The Hall–Kier alpha value is -1.84. The van der Waals surface area contributed by atoms with E-state index in [9.17, 15) is 4.79 Å². The quantitative estimate of drug-likeness (QED) is 0.586. The normalized spacial score (nSPS) is 11.0. The summed E-state index contributed by atoms with van der Waals surface area (Å²) in [6, 6.07) is 5.70. The lowest BCUT2D eigenvalue weighted by Crippen LogP contribution is -2.06. The van der Waals surface area contributed by atoms with Crippen LogP contribution in [0.2, 0.25) is 0 Å². The van der Waals surface area contributed by atoms with Crippen molar-refractivity contribution in [2.75, 3.05) is 6.61 Å². The van der Waals surface area contributed by atoms with Gasteiger partial charge in [-0.15, -0.1) is 0 Å². The van der Waals surface area contributed by atoms with Crippen molar-refractivity contribution in [3.8, 4) is 6.08 Å². The fraction of sp³-hybridized carbons (Fsp3) is 0.579. The Bertz CT molecular complexity index is 663. The molecule has 2 rings (SSSR count). The minimum atomic E-state index is -0.379. The highest BCUT2D eigenvalue weighted by atomic mass is 16.6. The first-order chi connectivity index (χ1) is 11.2. The summed E-state index contributed by atoms with van der Waals surface area (Å²) < 4.78 is 10.7. The number of aryl methyl sites for hydroxylation is 1. The van der Waals surface area contributed by atoms with Gasteiger partial charge in [0.1, 0.15) is 0 Å². The van der Waals surface area contributed by atoms with Gasteiger partial charge >= 0.3 is 11.7 Å². The molecule has 0 spiro atoms. The van der Waals surface area contributed by atoms with Gasteiger partial charge in [0.05, 0.1) is 17.5 Å². The first-order valence-corrected chi connectivity index (χ1v) is 8.81. The van der Waals surface area contributed by atoms with Crippen molar-refractivity contribution in [1.82, 2.24) is 4.98 Å². The number of ether oxygens (including phenoxy) is 1. The topological polar surface area (TPSA) is 52.3 Å². The summed E-state index contributed by atoms with van der Waals surface area (Å²) in [5.41, 5.74) is 1.46. The molecule has 1 aromatic heterocycles. The van der Waals surface area contributed by atoms with Gasteiger partial charge in [0, 0.05) is 0 Å². The predicted octanol–water partition coefficient (Wildman–Crippen LogP) is 4.88. The van der Waals surface area contributed by atoms with Crippen LogP contribution in [0.4, 0.5) is 0 Å². The smallest absolute Gasteiger partial charge is 0.397 e. The maximum atomic E-state index is 12.0. The van der Waals surface area contributed by atoms with Crippen LogP contribution in [0, 0.1) is 0 Å². The highest BCUT2D eigenvalue weighted by Crippen LogP contribution is 2.16. The molecule has 0 N–H and O–H groups in total. The summed E-state index contributed by atoms with van der Waals surface area (Å²) in [7, 11) is 0. The molecule has 126 valence electrons. The molecule has 23 heavy (non-hydrogen) atoms. The van der Waals surface area contributed by atoms with Crippen molar-refractivity contribution < 1.29 is 9.15 Å². The van der Waals surface area contributed by atoms with Crippen molar-refractivity contribution in [2.45, 2.75) is 65.2 Å². The third kappa shape index (κ3) is 5.38. The second-order valence-corrected chi connectivity index (χ2v) is 5.98. The van der Waals surface area contributed by atoms with Crippen LogP contribution in [0.5, 0.6) is 6.08 Å². The van der Waals surface area contributed by atoms with Gasteiger partial charge in [0.15, 0.2) is 0 Å². The van der Waals surface area contributed by atoms with E-state index in [1.165, 1.54) is 31.2 Å². The van der Waals surface area contributed by atoms with Gasteiger partial charge in [-0.25, -0.2) is 4.79 Å². The molecule has 0 saturated heterocycles. The molecule has 0 atom stereocenters. The summed E-state index contributed by atoms with van der Waals surface area (Å²) in [5.74, 6) is 0. The number of benzene rings is 1. The van der Waals surface area contributed by atoms with Crippen LogP contribution in [-0.4, -0.2) is 11.6 Å². The number of fused-ring (bicyclic) bond motifs is 1. The molecule has 0 bridgehead atoms. The van der Waals surface area contributed by atoms with E-state index in [1.807, 2.05) is 12.1 Å². The fourth-order valence-corrected chi connectivity index (χ4v) is 2.65. The molecule has 0 aliphatic rings. The zero-order chi connectivity index (χ0) is 16.5. The summed E-state index contributed by atoms with van der Waals surface area (Å²) >= 11 is 0. The largest absolute Gasteiger partial charge is 0.450 e. The molecule has 1 aromatic carbocycles. The number of aromatic nitrogens is 1. The standard InChI is InChI=1S/C19H27NO3/c1-3-5-6-7-8-9-13-22-19-20-17-14-15(10-4-2)11-12-16(17)18(21)23-19/h11-12,14H,3-10,13H2,1-2H3. The molecule has 0 radical (unpaired) electrons. The Morgan fingerprint density at radius 2 is 1.83 bits per heavy atom. The third-order valence-corrected chi connectivity index (χ3v) is 3.94. The van der Waals surface area contributed by atoms with Crippen LogP contribution >= 0.6 is 0 Å². The van der Waals surface area contributed by atoms with E-state index in [0.29, 0.717) is 17.5 Å². The van der Waals surface area contributed by atoms with E-state index >= 15 is 0 Å². The molecule has 4 heteroatoms. The molecule has 0 unspecified atom stereocenters. The Morgan fingerprint density at radius 3 is 2.61 bits per heavy atom. The number of rotatable bonds is 10. The monoisotopic (exact) mass is 317 g/mol. The Morgan fingerprint density at radius 1 is 1.04 bits per heavy atom. The van der Waals surface area contributed by atoms with E-state index in [4.69, 9.17) is 9.15 Å². The molecule has 2 aromatic rings. The van der Waals surface area contributed by atoms with Gasteiger partial charge in [-0.05, 0) is 30.5 Å². The van der Waals surface area contributed by atoms with Crippen LogP contribution in [-0.2, 0) is 6.42 Å². The first kappa shape index (κ1) is 17.5. The summed E-state index contributed by atoms with van der Waals surface area (Å²) in [5, 5.41) is 0.511. The number of nitrogens with zero attached hydrogens (tertiary/aromatic N) is 1. The molecular formula is C19H27NO3. The first-order valence-electron chi connectivity index (χ1n) is 8.81. The summed E-state index contributed by atoms with van der Waals surface area (Å²) in [6.45, 7) is 4.89. The van der Waals surface area contributed by atoms with Crippen LogP contribution in [0.1, 0.15) is 64.4 Å². The third-order valence-electron chi connectivity index (χ3n) is 3.94. The van der Waals surface area contributed by atoms with Crippen LogP contribution in [0.15, 0.2) is 27.4 Å². The van der Waals surface area contributed by atoms with Gasteiger partial charge in [-0.2, -0.15) is 4.98 Å². The zero-order valence-electron chi connectivity index (χ0n) is 14.3. The van der Waals surface area contributed by atoms with E-state index in [2.05, 4.69) is 18.8 Å². The number of hydrogen-bond donors (Lipinski definition) is 0. The minimum Gasteiger partial charge on any atom is -0.450 e. The van der Waals surface area contributed by atoms with Gasteiger partial charge in [-0.1, -0.05) is 58.4 Å². The Balaban J connectivity index is 1.94. The fourth-order valence-electron chi connectivity index (χ4n) is 2.65. The minimum absolute atomic E-state index is 0.0877. The van der Waals surface area contributed by atoms with Gasteiger partial charge in [0.25, 0.3) is 0 Å². The highest BCUT2D eigenvalue weighted by Gasteiger charge is 2.08. The molecular weight excluding hydrogens is 290 g/mol. The van der Waals surface area contributed by atoms with E-state index < -0.39 is 0 Å². The Kier molecular flexibility index (Phi) is 7.11. The van der Waals surface area contributed by atoms with Crippen molar-refractivity contribution in [2.24, 2.45) is 0 Å². The van der Waals surface area contributed by atoms with Crippen molar-refractivity contribution in [1.29, 1.82) is 0 Å². The Labute approximate surface area is 137 Å². The second kappa shape index (κ2) is 9.33. The lowest BCUT2D eigenvalue weighted by Gasteiger charge is -2.05. The number of unbranched alkanes of at least 4 members (excludes halogenated alkanes) is 5. The van der Waals surface area contributed by atoms with E-state index in [-0.39, 0.29) is 11.7 Å². The van der Waals surface area contributed by atoms with Crippen molar-refractivity contribution in [3.63, 3.8) is 0 Å². The summed E-state index contributed by atoms with van der Waals surface area (Å²) in [4.78, 5) is 16.3. The molecule has 0 aliphatic heterocycles. The molecule has 0 saturated carbocycles. The highest BCUT2D eigenvalue weighted by molar-refractivity contribution is 5.77. The maximum Gasteiger partial charge on any atom is 0.397 e. The average Bonchev–Trinajstić information content (AvgIpc) is 2.54. The van der Waals surface area contributed by atoms with Crippen molar-refractivity contribution in [3.05, 3.63) is 34.2 Å². The maximum absolute atomic E-state index is 12.0. The SMILES string of the molecule is CCCCCCCCOc1nc2cc(CCC)ccc2c(=O)o1. The van der Waals surface area contributed by atoms with Crippen LogP contribution < -0.4 is 10.4 Å². The number of hydrogen-bond acceptors (Lipinski definition) is 4. The van der Waals surface area contributed by atoms with Crippen LogP contribution in [0.25, 0.3) is 10.9 Å². The molecule has 0 fully saturated rings. The molecule has 1 heterocycles. The lowest BCUT2D eigenvalue weighted by atomic mass is 10.1. The predicted molar refractivity (Wildman–Crippen MR) is 93.1 cm³/mol. The van der Waals surface area contributed by atoms with Crippen LogP contribution in [0.3, 0.4) is 0 Å². The second-order valence-electron chi connectivity index (χ2n) is 5.98. The van der Waals surface area contributed by atoms with Gasteiger partial charge in [-0.3, -0.25) is 0 Å². The van der Waals surface area contributed by atoms with E-state index in [1.54, 1.807) is 6.07 Å². The average molecular weight is 317 g/mol. The molecule has 0 amide bonds. The molecule has 4 nitrogen and oxygen atoms in total.